The van der Waals surface area contributed by atoms with E-state index in [4.69, 9.17) is 0 Å². The van der Waals surface area contributed by atoms with E-state index in [1.165, 1.54) is 37.7 Å². The molecule has 2 rings (SSSR count). The first-order valence-electron chi connectivity index (χ1n) is 7.20. The number of hydrogen-bond donors (Lipinski definition) is 1. The molecule has 0 aromatic heterocycles. The van der Waals surface area contributed by atoms with Crippen LogP contribution >= 0.6 is 0 Å². The Labute approximate surface area is 110 Å². The van der Waals surface area contributed by atoms with Crippen LogP contribution in [-0.2, 0) is 0 Å². The molecule has 0 radical (unpaired) electrons. The Bertz CT molecular complexity index is 365. The molecule has 1 aromatic rings. The zero-order valence-electron chi connectivity index (χ0n) is 11.5. The lowest BCUT2D eigenvalue weighted by atomic mass is 9.73. The zero-order chi connectivity index (χ0) is 13.0. The third-order valence-corrected chi connectivity index (χ3v) is 4.53. The number of hydrogen-bond acceptors (Lipinski definition) is 1. The normalized spacial score (nSPS) is 19.9. The average molecular weight is 249 g/mol. The van der Waals surface area contributed by atoms with Gasteiger partial charge in [-0.25, -0.2) is 4.39 Å². The van der Waals surface area contributed by atoms with Crippen LogP contribution in [0.2, 0.25) is 0 Å². The summed E-state index contributed by atoms with van der Waals surface area (Å²) in [4.78, 5) is 0. The Morgan fingerprint density at radius 2 is 1.78 bits per heavy atom. The standard InChI is InChI=1S/C16H24FN/c1-3-16(11-5-6-12-16)15(18-4-2)13-7-9-14(17)10-8-13/h7-10,15,18H,3-6,11-12H2,1-2H3. The molecule has 1 nitrogen and oxygen atoms in total. The van der Waals surface area contributed by atoms with Crippen molar-refractivity contribution < 1.29 is 4.39 Å². The lowest BCUT2D eigenvalue weighted by Gasteiger charge is -2.38. The van der Waals surface area contributed by atoms with Crippen LogP contribution in [0.3, 0.4) is 0 Å². The summed E-state index contributed by atoms with van der Waals surface area (Å²) < 4.78 is 13.1. The minimum atomic E-state index is -0.147. The first kappa shape index (κ1) is 13.5. The molecule has 1 saturated carbocycles. The monoisotopic (exact) mass is 249 g/mol. The summed E-state index contributed by atoms with van der Waals surface area (Å²) in [6.45, 7) is 5.40. The van der Waals surface area contributed by atoms with E-state index >= 15 is 0 Å². The van der Waals surface area contributed by atoms with Gasteiger partial charge in [0.25, 0.3) is 0 Å². The number of halogens is 1. The molecule has 1 fully saturated rings. The van der Waals surface area contributed by atoms with Crippen LogP contribution in [0.15, 0.2) is 24.3 Å². The van der Waals surface area contributed by atoms with Gasteiger partial charge in [-0.15, -0.1) is 0 Å². The van der Waals surface area contributed by atoms with Crippen molar-refractivity contribution >= 4 is 0 Å². The Morgan fingerprint density at radius 1 is 1.17 bits per heavy atom. The van der Waals surface area contributed by atoms with Crippen molar-refractivity contribution in [3.05, 3.63) is 35.6 Å². The molecule has 18 heavy (non-hydrogen) atoms. The first-order valence-corrected chi connectivity index (χ1v) is 7.20. The van der Waals surface area contributed by atoms with Crippen molar-refractivity contribution in [2.24, 2.45) is 5.41 Å². The van der Waals surface area contributed by atoms with Gasteiger partial charge in [0.15, 0.2) is 0 Å². The summed E-state index contributed by atoms with van der Waals surface area (Å²) in [5, 5.41) is 3.63. The number of rotatable bonds is 5. The molecule has 1 aromatic carbocycles. The van der Waals surface area contributed by atoms with E-state index in [9.17, 15) is 4.39 Å². The maximum absolute atomic E-state index is 13.1. The fourth-order valence-electron chi connectivity index (χ4n) is 3.47. The van der Waals surface area contributed by atoms with Gasteiger partial charge in [0.1, 0.15) is 5.82 Å². The Balaban J connectivity index is 2.29. The summed E-state index contributed by atoms with van der Waals surface area (Å²) >= 11 is 0. The first-order chi connectivity index (χ1) is 8.72. The van der Waals surface area contributed by atoms with Gasteiger partial charge in [0.05, 0.1) is 0 Å². The van der Waals surface area contributed by atoms with Crippen LogP contribution in [0, 0.1) is 11.2 Å². The average Bonchev–Trinajstić information content (AvgIpc) is 2.87. The third-order valence-electron chi connectivity index (χ3n) is 4.53. The third kappa shape index (κ3) is 2.59. The molecule has 1 unspecified atom stereocenters. The Hall–Kier alpha value is -0.890. The molecular weight excluding hydrogens is 225 g/mol. The minimum absolute atomic E-state index is 0.147. The molecule has 2 heteroatoms. The van der Waals surface area contributed by atoms with E-state index in [1.807, 2.05) is 12.1 Å². The summed E-state index contributed by atoms with van der Waals surface area (Å²) in [7, 11) is 0. The van der Waals surface area contributed by atoms with Gasteiger partial charge in [-0.2, -0.15) is 0 Å². The van der Waals surface area contributed by atoms with Crippen molar-refractivity contribution in [1.82, 2.24) is 5.32 Å². The highest BCUT2D eigenvalue weighted by Crippen LogP contribution is 2.49. The molecule has 1 N–H and O–H groups in total. The van der Waals surface area contributed by atoms with E-state index < -0.39 is 0 Å². The second kappa shape index (κ2) is 5.83. The highest BCUT2D eigenvalue weighted by atomic mass is 19.1. The van der Waals surface area contributed by atoms with Gasteiger partial charge in [-0.3, -0.25) is 0 Å². The van der Waals surface area contributed by atoms with Crippen LogP contribution in [0.4, 0.5) is 4.39 Å². The topological polar surface area (TPSA) is 12.0 Å². The van der Waals surface area contributed by atoms with Crippen LogP contribution < -0.4 is 5.32 Å². The smallest absolute Gasteiger partial charge is 0.123 e. The van der Waals surface area contributed by atoms with E-state index in [0.717, 1.165) is 6.54 Å². The van der Waals surface area contributed by atoms with E-state index in [-0.39, 0.29) is 5.82 Å². The summed E-state index contributed by atoms with van der Waals surface area (Å²) in [6.07, 6.45) is 6.44. The molecule has 1 aliphatic carbocycles. The molecular formula is C16H24FN. The highest BCUT2D eigenvalue weighted by molar-refractivity contribution is 5.23. The molecule has 0 amide bonds. The number of nitrogens with one attached hydrogen (secondary N) is 1. The molecule has 0 spiro atoms. The number of benzene rings is 1. The van der Waals surface area contributed by atoms with Crippen molar-refractivity contribution in [2.75, 3.05) is 6.54 Å². The second-order valence-electron chi connectivity index (χ2n) is 5.47. The van der Waals surface area contributed by atoms with Crippen LogP contribution in [-0.4, -0.2) is 6.54 Å². The van der Waals surface area contributed by atoms with Crippen molar-refractivity contribution in [3.63, 3.8) is 0 Å². The minimum Gasteiger partial charge on any atom is -0.310 e. The fraction of sp³-hybridized carbons (Fsp3) is 0.625. The molecule has 0 heterocycles. The molecule has 1 atom stereocenters. The summed E-state index contributed by atoms with van der Waals surface area (Å²) in [6, 6.07) is 7.42. The summed E-state index contributed by atoms with van der Waals surface area (Å²) in [5.74, 6) is -0.147. The van der Waals surface area contributed by atoms with Gasteiger partial charge < -0.3 is 5.32 Å². The molecule has 0 saturated heterocycles. The molecule has 0 aliphatic heterocycles. The van der Waals surface area contributed by atoms with Gasteiger partial charge in [-0.1, -0.05) is 38.8 Å². The predicted octanol–water partition coefficient (Wildman–Crippen LogP) is 4.45. The fourth-order valence-corrected chi connectivity index (χ4v) is 3.47. The molecule has 100 valence electrons. The maximum Gasteiger partial charge on any atom is 0.123 e. The van der Waals surface area contributed by atoms with E-state index in [2.05, 4.69) is 19.2 Å². The van der Waals surface area contributed by atoms with Crippen molar-refractivity contribution in [2.45, 2.75) is 52.0 Å². The van der Waals surface area contributed by atoms with Crippen LogP contribution in [0.1, 0.15) is 57.6 Å². The van der Waals surface area contributed by atoms with E-state index in [0.29, 0.717) is 11.5 Å². The summed E-state index contributed by atoms with van der Waals surface area (Å²) in [5.41, 5.74) is 1.61. The maximum atomic E-state index is 13.1. The Kier molecular flexibility index (Phi) is 4.39. The second-order valence-corrected chi connectivity index (χ2v) is 5.47. The van der Waals surface area contributed by atoms with Crippen molar-refractivity contribution in [1.29, 1.82) is 0 Å². The van der Waals surface area contributed by atoms with Crippen molar-refractivity contribution in [3.8, 4) is 0 Å². The zero-order valence-corrected chi connectivity index (χ0v) is 11.5. The Morgan fingerprint density at radius 3 is 2.28 bits per heavy atom. The van der Waals surface area contributed by atoms with Crippen LogP contribution in [0.25, 0.3) is 0 Å². The van der Waals surface area contributed by atoms with Gasteiger partial charge in [0, 0.05) is 6.04 Å². The molecule has 0 bridgehead atoms. The predicted molar refractivity (Wildman–Crippen MR) is 74.0 cm³/mol. The van der Waals surface area contributed by atoms with Gasteiger partial charge in [-0.05, 0) is 48.9 Å². The van der Waals surface area contributed by atoms with Gasteiger partial charge >= 0.3 is 0 Å². The largest absolute Gasteiger partial charge is 0.310 e. The SMILES string of the molecule is CCNC(c1ccc(F)cc1)C1(CC)CCCC1. The quantitative estimate of drug-likeness (QED) is 0.813. The lowest BCUT2D eigenvalue weighted by molar-refractivity contribution is 0.189. The highest BCUT2D eigenvalue weighted by Gasteiger charge is 2.39. The van der Waals surface area contributed by atoms with Crippen LogP contribution in [0.5, 0.6) is 0 Å². The molecule has 1 aliphatic rings. The van der Waals surface area contributed by atoms with E-state index in [1.54, 1.807) is 12.1 Å². The lowest BCUT2D eigenvalue weighted by Crippen LogP contribution is -2.36. The van der Waals surface area contributed by atoms with Gasteiger partial charge in [0.2, 0.25) is 0 Å².